The van der Waals surface area contributed by atoms with E-state index in [2.05, 4.69) is 264 Å². The van der Waals surface area contributed by atoms with Crippen LogP contribution in [0.3, 0.4) is 0 Å². The van der Waals surface area contributed by atoms with Gasteiger partial charge in [0.1, 0.15) is 0 Å². The number of aromatic nitrogens is 1. The second-order valence-electron chi connectivity index (χ2n) is 17.3. The summed E-state index contributed by atoms with van der Waals surface area (Å²) in [6.07, 6.45) is 0. The Bertz CT molecular complexity index is 3950. The first-order valence-electron chi connectivity index (χ1n) is 22.9. The van der Waals surface area contributed by atoms with Crippen LogP contribution in [0.4, 0.5) is 17.1 Å². The summed E-state index contributed by atoms with van der Waals surface area (Å²) in [5.41, 5.74) is 16.5. The molecular weight excluding hydrogens is 829 g/mol. The van der Waals surface area contributed by atoms with Gasteiger partial charge in [-0.2, -0.15) is 0 Å². The van der Waals surface area contributed by atoms with E-state index in [9.17, 15) is 0 Å². The van der Waals surface area contributed by atoms with Crippen molar-refractivity contribution in [1.29, 1.82) is 0 Å². The molecule has 2 heterocycles. The highest BCUT2D eigenvalue weighted by atomic mass is 32.1. The molecule has 314 valence electrons. The Morgan fingerprint density at radius 3 is 1.57 bits per heavy atom. The van der Waals surface area contributed by atoms with E-state index in [4.69, 9.17) is 0 Å². The number of fused-ring (bicyclic) bond motifs is 7. The van der Waals surface area contributed by atoms with Gasteiger partial charge in [-0.1, -0.05) is 170 Å². The predicted molar refractivity (Wildman–Crippen MR) is 288 cm³/mol. The lowest BCUT2D eigenvalue weighted by atomic mass is 9.97. The van der Waals surface area contributed by atoms with Crippen LogP contribution in [0.5, 0.6) is 0 Å². The van der Waals surface area contributed by atoms with Crippen LogP contribution in [0.1, 0.15) is 0 Å². The Kier molecular flexibility index (Phi) is 9.40. The van der Waals surface area contributed by atoms with Crippen molar-refractivity contribution in [2.75, 3.05) is 4.90 Å². The van der Waals surface area contributed by atoms with Crippen molar-refractivity contribution in [3.05, 3.63) is 255 Å². The first-order valence-corrected chi connectivity index (χ1v) is 23.7. The molecule has 0 aliphatic rings. The van der Waals surface area contributed by atoms with Gasteiger partial charge in [0.05, 0.1) is 11.0 Å². The SMILES string of the molecule is c1ccc(-n2c3ccccc3c3cc(-c4ccc(N(c5ccc(-c6cccc(-c7ccc8ccccc8c7)c6)cc5)c5ccc(-c6cccc7c6sc6ccccc67)cc5)cc4)ccc32)cc1. The minimum Gasteiger partial charge on any atom is -0.311 e. The molecule has 0 saturated carbocycles. The van der Waals surface area contributed by atoms with Crippen LogP contribution in [0.15, 0.2) is 255 Å². The van der Waals surface area contributed by atoms with Crippen LogP contribution in [0.2, 0.25) is 0 Å². The highest BCUT2D eigenvalue weighted by molar-refractivity contribution is 7.26. The highest BCUT2D eigenvalue weighted by Gasteiger charge is 2.17. The van der Waals surface area contributed by atoms with E-state index in [-0.39, 0.29) is 0 Å². The van der Waals surface area contributed by atoms with Crippen LogP contribution in [0, 0.1) is 0 Å². The van der Waals surface area contributed by atoms with Gasteiger partial charge in [-0.3, -0.25) is 0 Å². The van der Waals surface area contributed by atoms with Crippen molar-refractivity contribution in [2.24, 2.45) is 0 Å². The molecule has 67 heavy (non-hydrogen) atoms. The molecule has 13 rings (SSSR count). The first-order chi connectivity index (χ1) is 33.2. The zero-order chi connectivity index (χ0) is 44.3. The Labute approximate surface area is 393 Å². The molecule has 13 aromatic rings. The number of hydrogen-bond acceptors (Lipinski definition) is 2. The Morgan fingerprint density at radius 1 is 0.299 bits per heavy atom. The monoisotopic (exact) mass is 870 g/mol. The van der Waals surface area contributed by atoms with E-state index in [0.717, 1.165) is 17.1 Å². The lowest BCUT2D eigenvalue weighted by Crippen LogP contribution is -2.09. The summed E-state index contributed by atoms with van der Waals surface area (Å²) < 4.78 is 5.02. The van der Waals surface area contributed by atoms with Crippen LogP contribution in [-0.4, -0.2) is 4.57 Å². The molecule has 0 atom stereocenters. The van der Waals surface area contributed by atoms with Gasteiger partial charge in [-0.15, -0.1) is 11.3 Å². The van der Waals surface area contributed by atoms with Crippen molar-refractivity contribution >= 4 is 81.1 Å². The minimum atomic E-state index is 1.09. The molecule has 0 amide bonds. The van der Waals surface area contributed by atoms with Crippen LogP contribution in [0.25, 0.3) is 103 Å². The lowest BCUT2D eigenvalue weighted by molar-refractivity contribution is 1.18. The maximum absolute atomic E-state index is 2.37. The summed E-state index contributed by atoms with van der Waals surface area (Å²) in [6.45, 7) is 0. The third-order valence-corrected chi connectivity index (χ3v) is 14.6. The molecule has 0 unspecified atom stereocenters. The van der Waals surface area contributed by atoms with Crippen molar-refractivity contribution in [2.45, 2.75) is 0 Å². The number of hydrogen-bond donors (Lipinski definition) is 0. The summed E-state index contributed by atoms with van der Waals surface area (Å²) in [5.74, 6) is 0. The van der Waals surface area contributed by atoms with Gasteiger partial charge in [0.2, 0.25) is 0 Å². The van der Waals surface area contributed by atoms with E-state index >= 15 is 0 Å². The standard InChI is InChI=1S/C64H42N2S/c1-2-16-52(17-3-1)66-61-22-8-6-18-57(61)60-42-51(32-39-62(60)66)45-28-35-54(36-29-45)65(55-37-30-46(31-38-55)56-20-11-21-59-58-19-7-9-23-63(58)67-64(56)59)53-33-26-44(27-34-53)48-14-10-15-49(40-48)50-25-24-43-12-4-5-13-47(43)41-50/h1-42H. The lowest BCUT2D eigenvalue weighted by Gasteiger charge is -2.26. The van der Waals surface area contributed by atoms with E-state index in [1.165, 1.54) is 103 Å². The molecular formula is C64H42N2S. The van der Waals surface area contributed by atoms with E-state index in [1.54, 1.807) is 0 Å². The fourth-order valence-electron chi connectivity index (χ4n) is 10.1. The highest BCUT2D eigenvalue weighted by Crippen LogP contribution is 2.43. The smallest absolute Gasteiger partial charge is 0.0541 e. The fraction of sp³-hybridized carbons (Fsp3) is 0. The Hall–Kier alpha value is -8.50. The molecule has 2 aromatic heterocycles. The summed E-state index contributed by atoms with van der Waals surface area (Å²) in [4.78, 5) is 2.37. The molecule has 0 spiro atoms. The average Bonchev–Trinajstić information content (AvgIpc) is 3.95. The van der Waals surface area contributed by atoms with Gasteiger partial charge in [0.15, 0.2) is 0 Å². The number of benzene rings is 11. The zero-order valence-electron chi connectivity index (χ0n) is 36.6. The number of rotatable bonds is 8. The van der Waals surface area contributed by atoms with Gasteiger partial charge >= 0.3 is 0 Å². The number of para-hydroxylation sites is 2. The topological polar surface area (TPSA) is 8.17 Å². The first kappa shape index (κ1) is 38.9. The van der Waals surface area contributed by atoms with Crippen LogP contribution < -0.4 is 4.90 Å². The Morgan fingerprint density at radius 2 is 0.821 bits per heavy atom. The normalized spacial score (nSPS) is 11.6. The molecule has 0 fully saturated rings. The van der Waals surface area contributed by atoms with Gasteiger partial charge in [-0.05, 0) is 140 Å². The molecule has 0 N–H and O–H groups in total. The molecule has 0 saturated heterocycles. The van der Waals surface area contributed by atoms with E-state index < -0.39 is 0 Å². The van der Waals surface area contributed by atoms with Gasteiger partial charge in [0.25, 0.3) is 0 Å². The average molecular weight is 871 g/mol. The summed E-state index contributed by atoms with van der Waals surface area (Å²) in [5, 5.41) is 7.64. The summed E-state index contributed by atoms with van der Waals surface area (Å²) in [6, 6.07) is 93.1. The molecule has 11 aromatic carbocycles. The second-order valence-corrected chi connectivity index (χ2v) is 18.4. The number of nitrogens with zero attached hydrogens (tertiary/aromatic N) is 2. The fourth-order valence-corrected chi connectivity index (χ4v) is 11.3. The second kappa shape index (κ2) is 16.2. The van der Waals surface area contributed by atoms with E-state index in [1.807, 2.05) is 11.3 Å². The predicted octanol–water partition coefficient (Wildman–Crippen LogP) is 18.4. The van der Waals surface area contributed by atoms with Gasteiger partial charge in [0, 0.05) is 53.7 Å². The molecule has 3 heteroatoms. The summed E-state index contributed by atoms with van der Waals surface area (Å²) >= 11 is 1.88. The quantitative estimate of drug-likeness (QED) is 0.148. The van der Waals surface area contributed by atoms with Crippen LogP contribution >= 0.6 is 11.3 Å². The van der Waals surface area contributed by atoms with Gasteiger partial charge in [-0.25, -0.2) is 0 Å². The minimum absolute atomic E-state index is 1.09. The Balaban J connectivity index is 0.874. The van der Waals surface area contributed by atoms with E-state index in [0.29, 0.717) is 0 Å². The number of anilines is 3. The largest absolute Gasteiger partial charge is 0.311 e. The van der Waals surface area contributed by atoms with Crippen molar-refractivity contribution in [3.8, 4) is 50.2 Å². The third kappa shape index (κ3) is 6.88. The molecule has 0 aliphatic heterocycles. The maximum Gasteiger partial charge on any atom is 0.0541 e. The van der Waals surface area contributed by atoms with Crippen molar-refractivity contribution in [1.82, 2.24) is 4.57 Å². The van der Waals surface area contributed by atoms with Crippen molar-refractivity contribution < 1.29 is 0 Å². The maximum atomic E-state index is 2.37. The zero-order valence-corrected chi connectivity index (χ0v) is 37.4. The van der Waals surface area contributed by atoms with Crippen molar-refractivity contribution in [3.63, 3.8) is 0 Å². The number of thiophene rings is 1. The molecule has 0 aliphatic carbocycles. The summed E-state index contributed by atoms with van der Waals surface area (Å²) in [7, 11) is 0. The molecule has 0 radical (unpaired) electrons. The third-order valence-electron chi connectivity index (χ3n) is 13.4. The van der Waals surface area contributed by atoms with Gasteiger partial charge < -0.3 is 9.47 Å². The molecule has 2 nitrogen and oxygen atoms in total. The molecule has 0 bridgehead atoms. The van der Waals surface area contributed by atoms with Crippen LogP contribution in [-0.2, 0) is 0 Å².